The maximum Gasteiger partial charge on any atom is 0.355 e. The van der Waals surface area contributed by atoms with E-state index in [2.05, 4.69) is 15.0 Å². The molecule has 2 aromatic carbocycles. The van der Waals surface area contributed by atoms with Crippen LogP contribution in [0.25, 0.3) is 44.1 Å². The second-order valence-corrected chi connectivity index (χ2v) is 7.25. The van der Waals surface area contributed by atoms with Gasteiger partial charge in [0.05, 0.1) is 14.2 Å². The zero-order chi connectivity index (χ0) is 22.4. The van der Waals surface area contributed by atoms with E-state index in [4.69, 9.17) is 9.47 Å². The molecule has 0 saturated carbocycles. The summed E-state index contributed by atoms with van der Waals surface area (Å²) in [5.74, 6) is -1.73. The van der Waals surface area contributed by atoms with Crippen LogP contribution < -0.4 is 0 Å². The standard InChI is InChI=1S/C24H18FN3O4/c1-31-23(29)21-19(15-10-26-17-6-4-3-5-13(15)17)20(22(28-21)24(30)32-2)16-11-27-18-8-7-12(25)9-14(16)18/h3-11,26-28H,1-2H3. The van der Waals surface area contributed by atoms with Crippen molar-refractivity contribution in [3.63, 3.8) is 0 Å². The van der Waals surface area contributed by atoms with Gasteiger partial charge in [-0.2, -0.15) is 0 Å². The van der Waals surface area contributed by atoms with E-state index in [0.717, 1.165) is 10.9 Å². The Hall–Kier alpha value is -4.33. The minimum atomic E-state index is -0.665. The predicted molar refractivity (Wildman–Crippen MR) is 118 cm³/mol. The lowest BCUT2D eigenvalue weighted by molar-refractivity contribution is 0.0591. The number of hydrogen-bond acceptors (Lipinski definition) is 4. The highest BCUT2D eigenvalue weighted by atomic mass is 19.1. The number of carbonyl (C=O) groups excluding carboxylic acids is 2. The van der Waals surface area contributed by atoms with Crippen LogP contribution in [0.4, 0.5) is 4.39 Å². The van der Waals surface area contributed by atoms with Gasteiger partial charge >= 0.3 is 11.9 Å². The van der Waals surface area contributed by atoms with Crippen molar-refractivity contribution >= 4 is 33.7 Å². The lowest BCUT2D eigenvalue weighted by Gasteiger charge is -2.07. The summed E-state index contributed by atoms with van der Waals surface area (Å²) in [6, 6.07) is 11.9. The maximum absolute atomic E-state index is 14.1. The van der Waals surface area contributed by atoms with Crippen molar-refractivity contribution in [2.75, 3.05) is 14.2 Å². The molecule has 0 aliphatic rings. The number of esters is 2. The third-order valence-corrected chi connectivity index (χ3v) is 5.55. The molecule has 0 aliphatic carbocycles. The summed E-state index contributed by atoms with van der Waals surface area (Å²) in [5.41, 5.74) is 3.81. The van der Waals surface area contributed by atoms with E-state index in [0.29, 0.717) is 33.2 Å². The Labute approximate surface area is 181 Å². The van der Waals surface area contributed by atoms with E-state index in [1.165, 1.54) is 26.4 Å². The summed E-state index contributed by atoms with van der Waals surface area (Å²) >= 11 is 0. The Bertz CT molecular complexity index is 1510. The number of benzene rings is 2. The molecule has 160 valence electrons. The van der Waals surface area contributed by atoms with Crippen molar-refractivity contribution in [3.05, 3.63) is 72.1 Å². The molecule has 0 unspecified atom stereocenters. The topological polar surface area (TPSA) is 100.0 Å². The molecular weight excluding hydrogens is 413 g/mol. The van der Waals surface area contributed by atoms with Crippen molar-refractivity contribution < 1.29 is 23.5 Å². The molecule has 3 aromatic heterocycles. The van der Waals surface area contributed by atoms with Gasteiger partial charge in [0.1, 0.15) is 17.2 Å². The van der Waals surface area contributed by atoms with Crippen LogP contribution in [0, 0.1) is 5.82 Å². The zero-order valence-electron chi connectivity index (χ0n) is 17.2. The third-order valence-electron chi connectivity index (χ3n) is 5.55. The van der Waals surface area contributed by atoms with Gasteiger partial charge in [-0.15, -0.1) is 0 Å². The number of carbonyl (C=O) groups is 2. The molecule has 5 rings (SSSR count). The first-order chi connectivity index (χ1) is 15.5. The van der Waals surface area contributed by atoms with Crippen LogP contribution in [-0.4, -0.2) is 41.1 Å². The van der Waals surface area contributed by atoms with Gasteiger partial charge in [-0.3, -0.25) is 0 Å². The number of rotatable bonds is 4. The number of para-hydroxylation sites is 1. The number of H-pyrrole nitrogens is 3. The van der Waals surface area contributed by atoms with Gasteiger partial charge in [-0.05, 0) is 24.3 Å². The van der Waals surface area contributed by atoms with Crippen LogP contribution in [0.2, 0.25) is 0 Å². The van der Waals surface area contributed by atoms with Crippen molar-refractivity contribution in [1.29, 1.82) is 0 Å². The molecule has 0 bridgehead atoms. The monoisotopic (exact) mass is 431 g/mol. The fourth-order valence-electron chi connectivity index (χ4n) is 4.13. The minimum Gasteiger partial charge on any atom is -0.464 e. The highest BCUT2D eigenvalue weighted by Crippen LogP contribution is 2.44. The van der Waals surface area contributed by atoms with Gasteiger partial charge in [-0.1, -0.05) is 18.2 Å². The normalized spacial score (nSPS) is 11.2. The molecule has 0 aliphatic heterocycles. The van der Waals surface area contributed by atoms with Gasteiger partial charge in [0.15, 0.2) is 0 Å². The number of ether oxygens (including phenoxy) is 2. The van der Waals surface area contributed by atoms with Crippen molar-refractivity contribution in [2.24, 2.45) is 0 Å². The van der Waals surface area contributed by atoms with Crippen molar-refractivity contribution in [1.82, 2.24) is 15.0 Å². The Kier molecular flexibility index (Phi) is 4.55. The van der Waals surface area contributed by atoms with E-state index < -0.39 is 17.8 Å². The summed E-state index contributed by atoms with van der Waals surface area (Å²) < 4.78 is 24.1. The van der Waals surface area contributed by atoms with Crippen LogP contribution in [-0.2, 0) is 9.47 Å². The quantitative estimate of drug-likeness (QED) is 0.348. The summed E-state index contributed by atoms with van der Waals surface area (Å²) in [6.45, 7) is 0. The molecule has 0 spiro atoms. The Morgan fingerprint density at radius 2 is 1.34 bits per heavy atom. The molecule has 0 amide bonds. The summed E-state index contributed by atoms with van der Waals surface area (Å²) in [6.07, 6.45) is 3.44. The van der Waals surface area contributed by atoms with Crippen LogP contribution >= 0.6 is 0 Å². The molecule has 0 fully saturated rings. The average Bonchev–Trinajstić information content (AvgIpc) is 3.52. The molecule has 0 radical (unpaired) electrons. The Morgan fingerprint density at radius 3 is 1.97 bits per heavy atom. The van der Waals surface area contributed by atoms with Crippen LogP contribution in [0.5, 0.6) is 0 Å². The number of aromatic amines is 3. The van der Waals surface area contributed by atoms with Gasteiger partial charge in [0.25, 0.3) is 0 Å². The first-order valence-electron chi connectivity index (χ1n) is 9.79. The number of nitrogens with one attached hydrogen (secondary N) is 3. The number of halogens is 1. The molecule has 32 heavy (non-hydrogen) atoms. The van der Waals surface area contributed by atoms with E-state index >= 15 is 0 Å². The zero-order valence-corrected chi connectivity index (χ0v) is 17.2. The number of methoxy groups -OCH3 is 2. The average molecular weight is 431 g/mol. The third kappa shape index (κ3) is 2.88. The second-order valence-electron chi connectivity index (χ2n) is 7.25. The lowest BCUT2D eigenvalue weighted by Crippen LogP contribution is -2.06. The first-order valence-corrected chi connectivity index (χ1v) is 9.79. The van der Waals surface area contributed by atoms with Gasteiger partial charge < -0.3 is 24.4 Å². The fourth-order valence-corrected chi connectivity index (χ4v) is 4.13. The number of aromatic nitrogens is 3. The summed E-state index contributed by atoms with van der Waals surface area (Å²) in [7, 11) is 2.52. The van der Waals surface area contributed by atoms with Gasteiger partial charge in [0.2, 0.25) is 0 Å². The smallest absolute Gasteiger partial charge is 0.355 e. The lowest BCUT2D eigenvalue weighted by atomic mass is 9.94. The molecule has 5 aromatic rings. The number of hydrogen-bond donors (Lipinski definition) is 3. The van der Waals surface area contributed by atoms with E-state index in [9.17, 15) is 14.0 Å². The molecule has 3 heterocycles. The first kappa shape index (κ1) is 19.6. The molecule has 7 nitrogen and oxygen atoms in total. The van der Waals surface area contributed by atoms with Crippen molar-refractivity contribution in [2.45, 2.75) is 0 Å². The fraction of sp³-hybridized carbons (Fsp3) is 0.0833. The van der Waals surface area contributed by atoms with E-state index in [1.54, 1.807) is 18.5 Å². The SMILES string of the molecule is COC(=O)c1[nH]c(C(=O)OC)c(-c2c[nH]c3ccc(F)cc23)c1-c1c[nH]c2ccccc12. The van der Waals surface area contributed by atoms with Crippen LogP contribution in [0.1, 0.15) is 21.0 Å². The van der Waals surface area contributed by atoms with Crippen LogP contribution in [0.15, 0.2) is 54.9 Å². The molecule has 3 N–H and O–H groups in total. The Morgan fingerprint density at radius 1 is 0.781 bits per heavy atom. The summed E-state index contributed by atoms with van der Waals surface area (Å²) in [5, 5.41) is 1.41. The van der Waals surface area contributed by atoms with Gasteiger partial charge in [0, 0.05) is 56.5 Å². The highest BCUT2D eigenvalue weighted by molar-refractivity contribution is 6.15. The molecule has 0 saturated heterocycles. The highest BCUT2D eigenvalue weighted by Gasteiger charge is 2.31. The molecule has 0 atom stereocenters. The predicted octanol–water partition coefficient (Wildman–Crippen LogP) is 5.02. The van der Waals surface area contributed by atoms with Crippen molar-refractivity contribution in [3.8, 4) is 22.3 Å². The van der Waals surface area contributed by atoms with Gasteiger partial charge in [-0.25, -0.2) is 14.0 Å². The minimum absolute atomic E-state index is 0.0679. The number of fused-ring (bicyclic) bond motifs is 2. The second kappa shape index (κ2) is 7.42. The molecular formula is C24H18FN3O4. The Balaban J connectivity index is 1.93. The molecule has 8 heteroatoms. The maximum atomic E-state index is 14.1. The van der Waals surface area contributed by atoms with Crippen LogP contribution in [0.3, 0.4) is 0 Å². The van der Waals surface area contributed by atoms with E-state index in [1.807, 2.05) is 24.3 Å². The largest absolute Gasteiger partial charge is 0.464 e. The summed E-state index contributed by atoms with van der Waals surface area (Å²) in [4.78, 5) is 34.7. The van der Waals surface area contributed by atoms with E-state index in [-0.39, 0.29) is 11.4 Å².